The van der Waals surface area contributed by atoms with Crippen LogP contribution in [-0.2, 0) is 23.9 Å². The minimum Gasteiger partial charge on any atom is -0.469 e. The number of aliphatic hydroxyl groups is 2. The maximum Gasteiger partial charge on any atom is 0.513 e. The number of carbonyl (C=O) groups excluding carboxylic acids is 3. The number of carboxylic acid groups (broad SMARTS) is 1. The SMILES string of the molecule is COC(=O)[C@H]1C(CCCCCCC(=O)OC(=O)O)C(=O)C[C@H]1C(C)(O)O. The Hall–Kier alpha value is -2.00. The lowest BCUT2D eigenvalue weighted by Gasteiger charge is -2.29. The molecule has 0 heterocycles. The first kappa shape index (κ1) is 22.0. The standard InChI is InChI=1S/C17H26O9/c1-17(23,24)11-9-12(18)10(14(11)15(20)25-2)7-5-3-4-6-8-13(19)26-16(21)22/h10-11,14,23-24H,3-9H2,1-2H3,(H,21,22)/t10?,11-,14+/m1/s1. The molecule has 0 aromatic heterocycles. The lowest BCUT2D eigenvalue weighted by atomic mass is 9.82. The third-order valence-electron chi connectivity index (χ3n) is 4.72. The van der Waals surface area contributed by atoms with Gasteiger partial charge in [-0.1, -0.05) is 19.3 Å². The van der Waals surface area contributed by atoms with Crippen LogP contribution in [0.5, 0.6) is 0 Å². The van der Waals surface area contributed by atoms with Crippen molar-refractivity contribution in [1.29, 1.82) is 0 Å². The van der Waals surface area contributed by atoms with E-state index in [0.717, 1.165) is 6.92 Å². The zero-order chi connectivity index (χ0) is 19.9. The van der Waals surface area contributed by atoms with E-state index in [-0.39, 0.29) is 18.6 Å². The van der Waals surface area contributed by atoms with Gasteiger partial charge in [0, 0.05) is 24.7 Å². The van der Waals surface area contributed by atoms with Gasteiger partial charge in [0.15, 0.2) is 5.79 Å². The van der Waals surface area contributed by atoms with E-state index in [4.69, 9.17) is 9.84 Å². The number of hydrogen-bond donors (Lipinski definition) is 3. The van der Waals surface area contributed by atoms with Gasteiger partial charge in [-0.25, -0.2) is 4.79 Å². The first-order valence-electron chi connectivity index (χ1n) is 8.56. The summed E-state index contributed by atoms with van der Waals surface area (Å²) < 4.78 is 8.71. The van der Waals surface area contributed by atoms with Gasteiger partial charge < -0.3 is 24.8 Å². The number of methoxy groups -OCH3 is 1. The second kappa shape index (κ2) is 9.63. The van der Waals surface area contributed by atoms with Crippen molar-refractivity contribution in [3.8, 4) is 0 Å². The number of carbonyl (C=O) groups is 4. The average molecular weight is 374 g/mol. The van der Waals surface area contributed by atoms with Crippen molar-refractivity contribution in [3.05, 3.63) is 0 Å². The van der Waals surface area contributed by atoms with Crippen LogP contribution >= 0.6 is 0 Å². The predicted octanol–water partition coefficient (Wildman–Crippen LogP) is 1.24. The summed E-state index contributed by atoms with van der Waals surface area (Å²) in [5.74, 6) is -6.18. The summed E-state index contributed by atoms with van der Waals surface area (Å²) >= 11 is 0. The molecule has 0 bridgehead atoms. The van der Waals surface area contributed by atoms with E-state index >= 15 is 0 Å². The Kier molecular flexibility index (Phi) is 8.16. The average Bonchev–Trinajstić information content (AvgIpc) is 2.86. The first-order valence-corrected chi connectivity index (χ1v) is 8.56. The summed E-state index contributed by atoms with van der Waals surface area (Å²) in [4.78, 5) is 45.5. The Balaban J connectivity index is 2.47. The summed E-state index contributed by atoms with van der Waals surface area (Å²) in [5.41, 5.74) is 0. The molecule has 1 aliphatic rings. The molecule has 1 unspecified atom stereocenters. The molecule has 1 aliphatic carbocycles. The maximum atomic E-state index is 12.2. The fourth-order valence-corrected chi connectivity index (χ4v) is 3.45. The molecular weight excluding hydrogens is 348 g/mol. The van der Waals surface area contributed by atoms with Crippen molar-refractivity contribution in [2.45, 2.75) is 57.7 Å². The van der Waals surface area contributed by atoms with Gasteiger partial charge in [-0.3, -0.25) is 14.4 Å². The molecule has 0 aromatic carbocycles. The van der Waals surface area contributed by atoms with Crippen LogP contribution in [-0.4, -0.2) is 52.1 Å². The zero-order valence-electron chi connectivity index (χ0n) is 15.0. The molecule has 3 atom stereocenters. The van der Waals surface area contributed by atoms with E-state index in [9.17, 15) is 29.4 Å². The topological polar surface area (TPSA) is 147 Å². The summed E-state index contributed by atoms with van der Waals surface area (Å²) in [6, 6.07) is 0. The van der Waals surface area contributed by atoms with Gasteiger partial charge in [0.25, 0.3) is 0 Å². The fourth-order valence-electron chi connectivity index (χ4n) is 3.45. The molecule has 26 heavy (non-hydrogen) atoms. The maximum absolute atomic E-state index is 12.2. The molecule has 148 valence electrons. The molecule has 0 radical (unpaired) electrons. The summed E-state index contributed by atoms with van der Waals surface area (Å²) in [5, 5.41) is 28.0. The summed E-state index contributed by atoms with van der Waals surface area (Å²) in [6.07, 6.45) is 1.07. The number of ketones is 1. The summed E-state index contributed by atoms with van der Waals surface area (Å²) in [7, 11) is 1.20. The van der Waals surface area contributed by atoms with Gasteiger partial charge >= 0.3 is 18.1 Å². The van der Waals surface area contributed by atoms with Crippen molar-refractivity contribution < 1.29 is 44.0 Å². The molecule has 0 spiro atoms. The molecule has 0 amide bonds. The smallest absolute Gasteiger partial charge is 0.469 e. The van der Waals surface area contributed by atoms with E-state index in [1.807, 2.05) is 0 Å². The third kappa shape index (κ3) is 6.38. The molecule has 9 heteroatoms. The molecular formula is C17H26O9. The Labute approximate surface area is 151 Å². The minimum absolute atomic E-state index is 0.00506. The number of unbranched alkanes of at least 4 members (excludes halogenated alkanes) is 3. The Morgan fingerprint density at radius 1 is 1.15 bits per heavy atom. The van der Waals surface area contributed by atoms with Crippen LogP contribution in [0, 0.1) is 17.8 Å². The number of hydrogen-bond acceptors (Lipinski definition) is 8. The Bertz CT molecular complexity index is 535. The molecule has 1 saturated carbocycles. The van der Waals surface area contributed by atoms with Crippen molar-refractivity contribution in [2.75, 3.05) is 7.11 Å². The van der Waals surface area contributed by atoms with Crippen LogP contribution in [0.25, 0.3) is 0 Å². The van der Waals surface area contributed by atoms with Crippen LogP contribution in [0.15, 0.2) is 0 Å². The van der Waals surface area contributed by atoms with Gasteiger partial charge in [0.1, 0.15) is 5.78 Å². The van der Waals surface area contributed by atoms with Gasteiger partial charge in [-0.2, -0.15) is 0 Å². The molecule has 0 saturated heterocycles. The Morgan fingerprint density at radius 2 is 1.77 bits per heavy atom. The lowest BCUT2D eigenvalue weighted by molar-refractivity contribution is -0.201. The summed E-state index contributed by atoms with van der Waals surface area (Å²) in [6.45, 7) is 1.15. The van der Waals surface area contributed by atoms with E-state index < -0.39 is 41.6 Å². The number of rotatable bonds is 9. The lowest BCUT2D eigenvalue weighted by Crippen LogP contribution is -2.41. The first-order chi connectivity index (χ1) is 12.1. The predicted molar refractivity (Wildman–Crippen MR) is 86.8 cm³/mol. The molecule has 0 aromatic rings. The van der Waals surface area contributed by atoms with E-state index in [0.29, 0.717) is 32.1 Å². The van der Waals surface area contributed by atoms with Crippen LogP contribution in [0.2, 0.25) is 0 Å². The number of Topliss-reactive ketones (excluding diaryl/α,β-unsaturated/α-hetero) is 1. The van der Waals surface area contributed by atoms with E-state index in [1.54, 1.807) is 0 Å². The molecule has 3 N–H and O–H groups in total. The quantitative estimate of drug-likeness (QED) is 0.235. The highest BCUT2D eigenvalue weighted by molar-refractivity contribution is 5.91. The van der Waals surface area contributed by atoms with Gasteiger partial charge in [-0.05, 0) is 19.8 Å². The van der Waals surface area contributed by atoms with Gasteiger partial charge in [0.05, 0.1) is 13.0 Å². The molecule has 0 aliphatic heterocycles. The van der Waals surface area contributed by atoms with Crippen molar-refractivity contribution in [1.82, 2.24) is 0 Å². The van der Waals surface area contributed by atoms with Crippen LogP contribution in [0.4, 0.5) is 4.79 Å². The highest BCUT2D eigenvalue weighted by Crippen LogP contribution is 2.42. The fraction of sp³-hybridized carbons (Fsp3) is 0.765. The highest BCUT2D eigenvalue weighted by atomic mass is 16.7. The van der Waals surface area contributed by atoms with Crippen molar-refractivity contribution in [2.24, 2.45) is 17.8 Å². The van der Waals surface area contributed by atoms with Crippen LogP contribution in [0.3, 0.4) is 0 Å². The zero-order valence-corrected chi connectivity index (χ0v) is 15.0. The van der Waals surface area contributed by atoms with Crippen molar-refractivity contribution in [3.63, 3.8) is 0 Å². The number of ether oxygens (including phenoxy) is 2. The van der Waals surface area contributed by atoms with E-state index in [2.05, 4.69) is 4.74 Å². The second-order valence-electron chi connectivity index (χ2n) is 6.72. The number of esters is 2. The Morgan fingerprint density at radius 3 is 2.31 bits per heavy atom. The normalized spacial score (nSPS) is 22.9. The van der Waals surface area contributed by atoms with Crippen molar-refractivity contribution >= 4 is 23.9 Å². The van der Waals surface area contributed by atoms with Crippen LogP contribution in [0.1, 0.15) is 51.9 Å². The van der Waals surface area contributed by atoms with Gasteiger partial charge in [-0.15, -0.1) is 0 Å². The van der Waals surface area contributed by atoms with E-state index in [1.165, 1.54) is 7.11 Å². The third-order valence-corrected chi connectivity index (χ3v) is 4.72. The van der Waals surface area contributed by atoms with Gasteiger partial charge in [0.2, 0.25) is 0 Å². The minimum atomic E-state index is -2.15. The molecule has 1 fully saturated rings. The highest BCUT2D eigenvalue weighted by Gasteiger charge is 2.52. The molecule has 1 rings (SSSR count). The largest absolute Gasteiger partial charge is 0.513 e. The monoisotopic (exact) mass is 374 g/mol. The molecule has 9 nitrogen and oxygen atoms in total. The van der Waals surface area contributed by atoms with Crippen LogP contribution < -0.4 is 0 Å². The second-order valence-corrected chi connectivity index (χ2v) is 6.72.